The van der Waals surface area contributed by atoms with Crippen LogP contribution < -0.4 is 5.32 Å². The molecule has 1 fully saturated rings. The fourth-order valence-electron chi connectivity index (χ4n) is 3.90. The van der Waals surface area contributed by atoms with Crippen LogP contribution in [0.5, 0.6) is 0 Å². The third-order valence-corrected chi connectivity index (χ3v) is 5.42. The van der Waals surface area contributed by atoms with Crippen LogP contribution in [0.15, 0.2) is 54.7 Å². The van der Waals surface area contributed by atoms with Gasteiger partial charge in [-0.15, -0.1) is 0 Å². The number of carbonyl (C=O) groups is 2. The van der Waals surface area contributed by atoms with E-state index in [2.05, 4.69) is 21.8 Å². The molecule has 0 aliphatic carbocycles. The van der Waals surface area contributed by atoms with E-state index < -0.39 is 0 Å². The van der Waals surface area contributed by atoms with E-state index in [1.165, 1.54) is 0 Å². The summed E-state index contributed by atoms with van der Waals surface area (Å²) >= 11 is 0. The van der Waals surface area contributed by atoms with Crippen molar-refractivity contribution in [2.24, 2.45) is 5.92 Å². The Kier molecular flexibility index (Phi) is 5.10. The number of pyridine rings is 1. The monoisotopic (exact) mass is 376 g/mol. The number of benzene rings is 1. The average molecular weight is 376 g/mol. The average Bonchev–Trinajstić information content (AvgIpc) is 3.12. The van der Waals surface area contributed by atoms with Crippen LogP contribution in [0.25, 0.3) is 10.9 Å². The van der Waals surface area contributed by atoms with Crippen LogP contribution in [-0.2, 0) is 11.3 Å². The molecule has 2 aromatic heterocycles. The number of hydrogen-bond donors (Lipinski definition) is 1. The minimum Gasteiger partial charge on any atom is -0.337 e. The first-order valence-corrected chi connectivity index (χ1v) is 9.77. The minimum absolute atomic E-state index is 0.0199. The van der Waals surface area contributed by atoms with Gasteiger partial charge in [0.25, 0.3) is 5.91 Å². The number of likely N-dealkylation sites (tertiary alicyclic amines) is 1. The quantitative estimate of drug-likeness (QED) is 0.757. The van der Waals surface area contributed by atoms with Crippen molar-refractivity contribution < 1.29 is 9.59 Å². The Balaban J connectivity index is 1.42. The second kappa shape index (κ2) is 7.84. The van der Waals surface area contributed by atoms with Crippen molar-refractivity contribution in [1.29, 1.82) is 0 Å². The molecule has 3 aromatic rings. The van der Waals surface area contributed by atoms with E-state index in [1.54, 1.807) is 12.3 Å². The van der Waals surface area contributed by atoms with Gasteiger partial charge in [0, 0.05) is 42.7 Å². The molecule has 0 saturated carbocycles. The molecule has 0 atom stereocenters. The largest absolute Gasteiger partial charge is 0.337 e. The number of piperidine rings is 1. The van der Waals surface area contributed by atoms with Crippen molar-refractivity contribution in [2.45, 2.75) is 26.3 Å². The van der Waals surface area contributed by atoms with Crippen molar-refractivity contribution in [3.8, 4) is 0 Å². The number of rotatable bonds is 4. The molecule has 1 aliphatic heterocycles. The zero-order chi connectivity index (χ0) is 19.5. The van der Waals surface area contributed by atoms with Crippen LogP contribution in [0.1, 0.15) is 30.3 Å². The third kappa shape index (κ3) is 3.50. The molecular weight excluding hydrogens is 352 g/mol. The van der Waals surface area contributed by atoms with E-state index in [9.17, 15) is 9.59 Å². The number of fused-ring (bicyclic) bond motifs is 1. The standard InChI is InChI=1S/C22H24N4O2/c1-2-26-18-8-4-3-7-17(18)15-19(26)22(28)25-13-10-16(11-14-25)21(27)24-20-9-5-6-12-23-20/h3-9,12,15-16H,2,10-11,13-14H2,1H3,(H,23,24,27). The van der Waals surface area contributed by atoms with Gasteiger partial charge in [-0.25, -0.2) is 4.98 Å². The molecule has 0 radical (unpaired) electrons. The fraction of sp³-hybridized carbons (Fsp3) is 0.318. The number of anilines is 1. The van der Waals surface area contributed by atoms with Gasteiger partial charge in [0.2, 0.25) is 5.91 Å². The number of hydrogen-bond acceptors (Lipinski definition) is 3. The Morgan fingerprint density at radius 1 is 1.11 bits per heavy atom. The molecule has 0 unspecified atom stereocenters. The van der Waals surface area contributed by atoms with Crippen LogP contribution in [0.4, 0.5) is 5.82 Å². The summed E-state index contributed by atoms with van der Waals surface area (Å²) in [4.78, 5) is 31.6. The van der Waals surface area contributed by atoms with Gasteiger partial charge < -0.3 is 14.8 Å². The van der Waals surface area contributed by atoms with Crippen LogP contribution in [0.3, 0.4) is 0 Å². The first-order valence-electron chi connectivity index (χ1n) is 9.77. The second-order valence-corrected chi connectivity index (χ2v) is 7.10. The van der Waals surface area contributed by atoms with E-state index in [-0.39, 0.29) is 17.7 Å². The summed E-state index contributed by atoms with van der Waals surface area (Å²) in [7, 11) is 0. The number of nitrogens with zero attached hydrogens (tertiary/aromatic N) is 3. The Labute approximate surface area is 164 Å². The van der Waals surface area contributed by atoms with Crippen LogP contribution >= 0.6 is 0 Å². The first kappa shape index (κ1) is 18.2. The summed E-state index contributed by atoms with van der Waals surface area (Å²) < 4.78 is 2.07. The number of aryl methyl sites for hydroxylation is 1. The number of aromatic nitrogens is 2. The van der Waals surface area contributed by atoms with Crippen molar-refractivity contribution in [3.63, 3.8) is 0 Å². The maximum Gasteiger partial charge on any atom is 0.270 e. The summed E-state index contributed by atoms with van der Waals surface area (Å²) in [5.74, 6) is 0.497. The van der Waals surface area contributed by atoms with E-state index >= 15 is 0 Å². The van der Waals surface area contributed by atoms with Gasteiger partial charge in [0.15, 0.2) is 0 Å². The van der Waals surface area contributed by atoms with Gasteiger partial charge in [-0.1, -0.05) is 24.3 Å². The molecule has 1 N–H and O–H groups in total. The zero-order valence-corrected chi connectivity index (χ0v) is 16.0. The molecule has 1 aromatic carbocycles. The molecule has 1 aliphatic rings. The lowest BCUT2D eigenvalue weighted by Crippen LogP contribution is -2.42. The van der Waals surface area contributed by atoms with Crippen LogP contribution in [0.2, 0.25) is 0 Å². The Morgan fingerprint density at radius 2 is 1.86 bits per heavy atom. The van der Waals surface area contributed by atoms with Gasteiger partial charge in [-0.3, -0.25) is 9.59 Å². The highest BCUT2D eigenvalue weighted by Crippen LogP contribution is 2.24. The Bertz CT molecular complexity index is 988. The lowest BCUT2D eigenvalue weighted by Gasteiger charge is -2.31. The summed E-state index contributed by atoms with van der Waals surface area (Å²) in [6, 6.07) is 15.5. The lowest BCUT2D eigenvalue weighted by molar-refractivity contribution is -0.121. The van der Waals surface area contributed by atoms with E-state index in [4.69, 9.17) is 0 Å². The maximum absolute atomic E-state index is 13.1. The smallest absolute Gasteiger partial charge is 0.270 e. The van der Waals surface area contributed by atoms with Crippen LogP contribution in [0, 0.1) is 5.92 Å². The van der Waals surface area contributed by atoms with Gasteiger partial charge in [0.05, 0.1) is 0 Å². The SMILES string of the molecule is CCn1c(C(=O)N2CCC(C(=O)Nc3ccccn3)CC2)cc2ccccc21. The first-order chi connectivity index (χ1) is 13.7. The summed E-state index contributed by atoms with van der Waals surface area (Å²) in [6.07, 6.45) is 2.98. The number of amides is 2. The van der Waals surface area contributed by atoms with Gasteiger partial charge in [-0.05, 0) is 44.0 Å². The number of nitrogens with one attached hydrogen (secondary N) is 1. The van der Waals surface area contributed by atoms with E-state index in [0.717, 1.165) is 23.1 Å². The van der Waals surface area contributed by atoms with Crippen molar-refractivity contribution in [1.82, 2.24) is 14.5 Å². The molecule has 0 bridgehead atoms. The normalized spacial score (nSPS) is 15.0. The van der Waals surface area contributed by atoms with Gasteiger partial charge in [0.1, 0.15) is 11.5 Å². The van der Waals surface area contributed by atoms with Crippen molar-refractivity contribution in [3.05, 3.63) is 60.4 Å². The number of carbonyl (C=O) groups excluding carboxylic acids is 2. The highest BCUT2D eigenvalue weighted by atomic mass is 16.2. The van der Waals surface area contributed by atoms with E-state index in [1.807, 2.05) is 47.4 Å². The zero-order valence-electron chi connectivity index (χ0n) is 16.0. The predicted molar refractivity (Wildman–Crippen MR) is 109 cm³/mol. The Morgan fingerprint density at radius 3 is 2.57 bits per heavy atom. The third-order valence-electron chi connectivity index (χ3n) is 5.42. The Hall–Kier alpha value is -3.15. The summed E-state index contributed by atoms with van der Waals surface area (Å²) in [5, 5.41) is 3.95. The van der Waals surface area contributed by atoms with E-state index in [0.29, 0.717) is 31.7 Å². The molecule has 2 amide bonds. The molecule has 3 heterocycles. The maximum atomic E-state index is 13.1. The topological polar surface area (TPSA) is 67.2 Å². The lowest BCUT2D eigenvalue weighted by atomic mass is 9.95. The van der Waals surface area contributed by atoms with Crippen molar-refractivity contribution in [2.75, 3.05) is 18.4 Å². The minimum atomic E-state index is -0.0944. The molecule has 6 heteroatoms. The van der Waals surface area contributed by atoms with Crippen molar-refractivity contribution >= 4 is 28.5 Å². The summed E-state index contributed by atoms with van der Waals surface area (Å²) in [6.45, 7) is 3.98. The molecule has 4 rings (SSSR count). The predicted octanol–water partition coefficient (Wildman–Crippen LogP) is 3.55. The second-order valence-electron chi connectivity index (χ2n) is 7.10. The molecule has 6 nitrogen and oxygen atoms in total. The molecule has 0 spiro atoms. The molecule has 144 valence electrons. The fourth-order valence-corrected chi connectivity index (χ4v) is 3.90. The summed E-state index contributed by atoms with van der Waals surface area (Å²) in [5.41, 5.74) is 1.80. The molecule has 28 heavy (non-hydrogen) atoms. The highest BCUT2D eigenvalue weighted by Gasteiger charge is 2.29. The molecular formula is C22H24N4O2. The molecule has 1 saturated heterocycles. The van der Waals surface area contributed by atoms with Gasteiger partial charge in [-0.2, -0.15) is 0 Å². The van der Waals surface area contributed by atoms with Gasteiger partial charge >= 0.3 is 0 Å². The van der Waals surface area contributed by atoms with Crippen LogP contribution in [-0.4, -0.2) is 39.4 Å². The highest BCUT2D eigenvalue weighted by molar-refractivity contribution is 5.99. The number of para-hydroxylation sites is 1.